The molecule has 1 aromatic rings. The van der Waals surface area contributed by atoms with E-state index in [-0.39, 0.29) is 6.03 Å². The Kier molecular flexibility index (Phi) is 3.51. The molecule has 3 N–H and O–H groups in total. The maximum absolute atomic E-state index is 12.1. The van der Waals surface area contributed by atoms with Crippen molar-refractivity contribution in [1.82, 2.24) is 4.90 Å². The number of nitrogens with zero attached hydrogens (tertiary/aromatic N) is 1. The van der Waals surface area contributed by atoms with E-state index in [1.165, 1.54) is 0 Å². The summed E-state index contributed by atoms with van der Waals surface area (Å²) < 4.78 is 16.1. The van der Waals surface area contributed by atoms with Gasteiger partial charge in [0.2, 0.25) is 0 Å². The van der Waals surface area contributed by atoms with Gasteiger partial charge >= 0.3 is 6.03 Å². The van der Waals surface area contributed by atoms with Crippen LogP contribution in [0.25, 0.3) is 0 Å². The van der Waals surface area contributed by atoms with Gasteiger partial charge in [-0.2, -0.15) is 0 Å². The van der Waals surface area contributed by atoms with Crippen LogP contribution in [0.3, 0.4) is 0 Å². The number of urea groups is 1. The van der Waals surface area contributed by atoms with Crippen LogP contribution in [0.2, 0.25) is 0 Å². The highest BCUT2D eigenvalue weighted by atomic mass is 16.6. The molecule has 2 aliphatic heterocycles. The summed E-state index contributed by atoms with van der Waals surface area (Å²) in [6.07, 6.45) is 0. The molecule has 2 amide bonds. The van der Waals surface area contributed by atoms with E-state index in [1.807, 2.05) is 0 Å². The van der Waals surface area contributed by atoms with Crippen LogP contribution in [0, 0.1) is 0 Å². The van der Waals surface area contributed by atoms with E-state index in [9.17, 15) is 4.79 Å². The zero-order chi connectivity index (χ0) is 13.9. The van der Waals surface area contributed by atoms with E-state index in [0.717, 1.165) is 0 Å². The third kappa shape index (κ3) is 2.57. The first-order valence-corrected chi connectivity index (χ1v) is 6.57. The van der Waals surface area contributed by atoms with Crippen molar-refractivity contribution in [2.75, 3.05) is 50.6 Å². The van der Waals surface area contributed by atoms with Crippen molar-refractivity contribution in [3.05, 3.63) is 12.1 Å². The Morgan fingerprint density at radius 3 is 2.45 bits per heavy atom. The standard InChI is InChI=1S/C13H17N3O4/c14-9-7-11-12(20-6-5-19-11)8-10(9)15-13(17)16-1-3-18-4-2-16/h7-8H,1-6,14H2,(H,15,17). The first-order chi connectivity index (χ1) is 9.74. The second-order valence-corrected chi connectivity index (χ2v) is 4.61. The van der Waals surface area contributed by atoms with E-state index in [0.29, 0.717) is 62.4 Å². The van der Waals surface area contributed by atoms with Crippen LogP contribution in [0.15, 0.2) is 12.1 Å². The molecule has 20 heavy (non-hydrogen) atoms. The number of anilines is 2. The van der Waals surface area contributed by atoms with Crippen molar-refractivity contribution in [2.45, 2.75) is 0 Å². The van der Waals surface area contributed by atoms with Gasteiger partial charge in [0, 0.05) is 25.2 Å². The molecular formula is C13H17N3O4. The van der Waals surface area contributed by atoms with Gasteiger partial charge in [0.05, 0.1) is 24.6 Å². The number of hydrogen-bond donors (Lipinski definition) is 2. The Morgan fingerprint density at radius 1 is 1.10 bits per heavy atom. The van der Waals surface area contributed by atoms with Crippen molar-refractivity contribution in [3.63, 3.8) is 0 Å². The van der Waals surface area contributed by atoms with Crippen molar-refractivity contribution in [2.24, 2.45) is 0 Å². The minimum atomic E-state index is -0.184. The molecule has 7 nitrogen and oxygen atoms in total. The molecule has 1 saturated heterocycles. The topological polar surface area (TPSA) is 86.1 Å². The van der Waals surface area contributed by atoms with E-state index in [2.05, 4.69) is 5.32 Å². The van der Waals surface area contributed by atoms with Gasteiger partial charge in [-0.05, 0) is 0 Å². The number of rotatable bonds is 1. The van der Waals surface area contributed by atoms with Gasteiger partial charge in [0.15, 0.2) is 11.5 Å². The Labute approximate surface area is 116 Å². The van der Waals surface area contributed by atoms with Crippen LogP contribution in [-0.2, 0) is 4.74 Å². The molecule has 1 fully saturated rings. The number of carbonyl (C=O) groups excluding carboxylic acids is 1. The molecule has 0 unspecified atom stereocenters. The van der Waals surface area contributed by atoms with Crippen molar-refractivity contribution >= 4 is 17.4 Å². The van der Waals surface area contributed by atoms with Crippen molar-refractivity contribution < 1.29 is 19.0 Å². The smallest absolute Gasteiger partial charge is 0.322 e. The highest BCUT2D eigenvalue weighted by Crippen LogP contribution is 2.37. The summed E-state index contributed by atoms with van der Waals surface area (Å²) in [5, 5.41) is 2.80. The van der Waals surface area contributed by atoms with Crippen LogP contribution >= 0.6 is 0 Å². The van der Waals surface area contributed by atoms with Gasteiger partial charge in [-0.25, -0.2) is 4.79 Å². The lowest BCUT2D eigenvalue weighted by Gasteiger charge is -2.27. The lowest BCUT2D eigenvalue weighted by atomic mass is 10.2. The normalized spacial score (nSPS) is 17.7. The summed E-state index contributed by atoms with van der Waals surface area (Å²) in [4.78, 5) is 13.8. The average Bonchev–Trinajstić information content (AvgIpc) is 2.49. The first-order valence-electron chi connectivity index (χ1n) is 6.57. The number of benzene rings is 1. The van der Waals surface area contributed by atoms with Gasteiger partial charge in [-0.3, -0.25) is 0 Å². The molecule has 0 aliphatic carbocycles. The summed E-state index contributed by atoms with van der Waals surface area (Å²) >= 11 is 0. The average molecular weight is 279 g/mol. The van der Waals surface area contributed by atoms with E-state index in [1.54, 1.807) is 17.0 Å². The number of morpholine rings is 1. The number of nitrogen functional groups attached to an aromatic ring is 1. The summed E-state index contributed by atoms with van der Waals surface area (Å²) in [5.41, 5.74) is 6.92. The second kappa shape index (κ2) is 5.46. The van der Waals surface area contributed by atoms with E-state index >= 15 is 0 Å². The van der Waals surface area contributed by atoms with Gasteiger partial charge < -0.3 is 30.2 Å². The molecular weight excluding hydrogens is 262 g/mol. The first kappa shape index (κ1) is 12.9. The number of fused-ring (bicyclic) bond motifs is 1. The van der Waals surface area contributed by atoms with Crippen LogP contribution in [0.4, 0.5) is 16.2 Å². The van der Waals surface area contributed by atoms with Crippen LogP contribution in [0.5, 0.6) is 11.5 Å². The maximum atomic E-state index is 12.1. The van der Waals surface area contributed by atoms with E-state index < -0.39 is 0 Å². The SMILES string of the molecule is Nc1cc2c(cc1NC(=O)N1CCOCC1)OCCO2. The molecule has 2 heterocycles. The zero-order valence-electron chi connectivity index (χ0n) is 11.1. The summed E-state index contributed by atoms with van der Waals surface area (Å²) in [6, 6.07) is 3.18. The highest BCUT2D eigenvalue weighted by Gasteiger charge is 2.20. The maximum Gasteiger partial charge on any atom is 0.322 e. The Bertz CT molecular complexity index is 515. The van der Waals surface area contributed by atoms with Crippen LogP contribution in [-0.4, -0.2) is 50.4 Å². The quantitative estimate of drug-likeness (QED) is 0.746. The molecule has 1 aromatic carbocycles. The zero-order valence-corrected chi connectivity index (χ0v) is 11.1. The fourth-order valence-electron chi connectivity index (χ4n) is 2.17. The number of carbonyl (C=O) groups is 1. The molecule has 0 radical (unpaired) electrons. The third-order valence-electron chi connectivity index (χ3n) is 3.25. The van der Waals surface area contributed by atoms with Crippen LogP contribution in [0.1, 0.15) is 0 Å². The molecule has 0 spiro atoms. The lowest BCUT2D eigenvalue weighted by molar-refractivity contribution is 0.0564. The summed E-state index contributed by atoms with van der Waals surface area (Å²) in [6.45, 7) is 3.28. The fraction of sp³-hybridized carbons (Fsp3) is 0.462. The molecule has 0 atom stereocenters. The predicted molar refractivity (Wildman–Crippen MR) is 73.3 cm³/mol. The van der Waals surface area contributed by atoms with Crippen molar-refractivity contribution in [1.29, 1.82) is 0 Å². The minimum absolute atomic E-state index is 0.184. The molecule has 2 aliphatic rings. The minimum Gasteiger partial charge on any atom is -0.486 e. The van der Waals surface area contributed by atoms with E-state index in [4.69, 9.17) is 19.9 Å². The molecule has 0 bridgehead atoms. The van der Waals surface area contributed by atoms with Gasteiger partial charge in [-0.1, -0.05) is 0 Å². The molecule has 7 heteroatoms. The highest BCUT2D eigenvalue weighted by molar-refractivity contribution is 5.93. The Morgan fingerprint density at radius 2 is 1.75 bits per heavy atom. The molecule has 3 rings (SSSR count). The van der Waals surface area contributed by atoms with Gasteiger partial charge in [-0.15, -0.1) is 0 Å². The number of amides is 2. The van der Waals surface area contributed by atoms with Gasteiger partial charge in [0.1, 0.15) is 13.2 Å². The van der Waals surface area contributed by atoms with Crippen molar-refractivity contribution in [3.8, 4) is 11.5 Å². The number of hydrogen-bond acceptors (Lipinski definition) is 5. The second-order valence-electron chi connectivity index (χ2n) is 4.61. The summed E-state index contributed by atoms with van der Waals surface area (Å²) in [7, 11) is 0. The lowest BCUT2D eigenvalue weighted by Crippen LogP contribution is -2.43. The Balaban J connectivity index is 1.74. The predicted octanol–water partition coefficient (Wildman–Crippen LogP) is 0.904. The van der Waals surface area contributed by atoms with Crippen LogP contribution < -0.4 is 20.5 Å². The van der Waals surface area contributed by atoms with Gasteiger partial charge in [0.25, 0.3) is 0 Å². The third-order valence-corrected chi connectivity index (χ3v) is 3.25. The monoisotopic (exact) mass is 279 g/mol. The fourth-order valence-corrected chi connectivity index (χ4v) is 2.17. The largest absolute Gasteiger partial charge is 0.486 e. The summed E-state index contributed by atoms with van der Waals surface area (Å²) in [5.74, 6) is 1.21. The number of nitrogens with one attached hydrogen (secondary N) is 1. The molecule has 0 saturated carbocycles. The number of nitrogens with two attached hydrogens (primary N) is 1. The Hall–Kier alpha value is -2.15. The number of ether oxygens (including phenoxy) is 3. The molecule has 108 valence electrons. The molecule has 0 aromatic heterocycles.